The molecule has 0 saturated heterocycles. The third-order valence-electron chi connectivity index (χ3n) is 4.09. The highest BCUT2D eigenvalue weighted by atomic mass is 35.5. The smallest absolute Gasteiger partial charge is 0.270 e. The largest absolute Gasteiger partial charge is 0.333 e. The summed E-state index contributed by atoms with van der Waals surface area (Å²) < 4.78 is 5.48. The lowest BCUT2D eigenvalue weighted by molar-refractivity contribution is 0.229. The average molecular weight is 349 g/mol. The molecular formula is C16H17ClN4OS. The predicted octanol–water partition coefficient (Wildman–Crippen LogP) is 3.93. The maximum atomic E-state index is 6.27. The van der Waals surface area contributed by atoms with Crippen LogP contribution in [0.25, 0.3) is 22.0 Å². The fourth-order valence-corrected chi connectivity index (χ4v) is 3.53. The summed E-state index contributed by atoms with van der Waals surface area (Å²) in [5.74, 6) is 1.12. The Balaban J connectivity index is 0.00000156. The molecule has 0 spiro atoms. The Hall–Kier alpha value is -1.76. The fourth-order valence-electron chi connectivity index (χ4n) is 2.66. The highest BCUT2D eigenvalue weighted by Crippen LogP contribution is 2.40. The van der Waals surface area contributed by atoms with Crippen molar-refractivity contribution < 1.29 is 4.52 Å². The first-order valence-corrected chi connectivity index (χ1v) is 8.14. The van der Waals surface area contributed by atoms with Crippen molar-refractivity contribution in [2.75, 3.05) is 0 Å². The molecule has 0 atom stereocenters. The standard InChI is InChI=1S/C16H16N4OS.ClH/c1-10-18-12(11-6-3-2-4-7-11)13(22-10)14-19-15(20-21-14)16(17)8-5-9-16;/h2-4,6-7H,5,8-9,17H2,1H3;1H. The molecule has 7 heteroatoms. The van der Waals surface area contributed by atoms with E-state index in [1.54, 1.807) is 11.3 Å². The van der Waals surface area contributed by atoms with E-state index in [2.05, 4.69) is 15.1 Å². The molecule has 1 aliphatic rings. The van der Waals surface area contributed by atoms with Crippen LogP contribution in [0, 0.1) is 6.92 Å². The summed E-state index contributed by atoms with van der Waals surface area (Å²) in [5.41, 5.74) is 7.80. The van der Waals surface area contributed by atoms with E-state index in [-0.39, 0.29) is 12.4 Å². The van der Waals surface area contributed by atoms with Gasteiger partial charge in [0.05, 0.1) is 16.2 Å². The minimum absolute atomic E-state index is 0. The second-order valence-corrected chi connectivity index (χ2v) is 6.91. The van der Waals surface area contributed by atoms with E-state index in [4.69, 9.17) is 10.3 Å². The number of nitrogens with zero attached hydrogens (tertiary/aromatic N) is 3. The lowest BCUT2D eigenvalue weighted by Gasteiger charge is -2.34. The van der Waals surface area contributed by atoms with E-state index in [0.29, 0.717) is 11.7 Å². The lowest BCUT2D eigenvalue weighted by atomic mass is 9.77. The van der Waals surface area contributed by atoms with Gasteiger partial charge in [-0.25, -0.2) is 4.98 Å². The molecule has 0 bridgehead atoms. The van der Waals surface area contributed by atoms with Gasteiger partial charge in [-0.3, -0.25) is 0 Å². The Labute approximate surface area is 144 Å². The van der Waals surface area contributed by atoms with Gasteiger partial charge in [0.25, 0.3) is 5.89 Å². The molecule has 2 aromatic heterocycles. The van der Waals surface area contributed by atoms with Crippen LogP contribution in [0.15, 0.2) is 34.9 Å². The highest BCUT2D eigenvalue weighted by molar-refractivity contribution is 7.15. The molecular weight excluding hydrogens is 332 g/mol. The maximum Gasteiger partial charge on any atom is 0.270 e. The molecule has 3 aromatic rings. The van der Waals surface area contributed by atoms with Crippen molar-refractivity contribution in [3.8, 4) is 22.0 Å². The van der Waals surface area contributed by atoms with Crippen molar-refractivity contribution in [3.05, 3.63) is 41.2 Å². The minimum atomic E-state index is -0.408. The van der Waals surface area contributed by atoms with Gasteiger partial charge in [-0.05, 0) is 26.2 Å². The van der Waals surface area contributed by atoms with Gasteiger partial charge in [0, 0.05) is 5.56 Å². The molecule has 0 radical (unpaired) electrons. The van der Waals surface area contributed by atoms with Crippen LogP contribution in [0.2, 0.25) is 0 Å². The number of thiazole rings is 1. The summed E-state index contributed by atoms with van der Waals surface area (Å²) in [6.07, 6.45) is 2.95. The van der Waals surface area contributed by atoms with Crippen LogP contribution >= 0.6 is 23.7 Å². The van der Waals surface area contributed by atoms with Gasteiger partial charge in [-0.15, -0.1) is 23.7 Å². The first kappa shape index (κ1) is 16.1. The molecule has 1 aliphatic carbocycles. The number of hydrogen-bond acceptors (Lipinski definition) is 6. The molecule has 2 heterocycles. The number of hydrogen-bond donors (Lipinski definition) is 1. The molecule has 0 unspecified atom stereocenters. The third-order valence-corrected chi connectivity index (χ3v) is 5.05. The first-order chi connectivity index (χ1) is 10.7. The number of aromatic nitrogens is 3. The predicted molar refractivity (Wildman–Crippen MR) is 92.5 cm³/mol. The zero-order valence-corrected chi connectivity index (χ0v) is 14.3. The second-order valence-electron chi connectivity index (χ2n) is 5.71. The molecule has 1 fully saturated rings. The summed E-state index contributed by atoms with van der Waals surface area (Å²) in [6, 6.07) is 10.0. The zero-order valence-electron chi connectivity index (χ0n) is 12.7. The van der Waals surface area contributed by atoms with Gasteiger partial charge in [-0.2, -0.15) is 4.98 Å². The van der Waals surface area contributed by atoms with Crippen molar-refractivity contribution >= 4 is 23.7 Å². The minimum Gasteiger partial charge on any atom is -0.333 e. The van der Waals surface area contributed by atoms with Crippen molar-refractivity contribution in [2.45, 2.75) is 31.7 Å². The Bertz CT molecular complexity index is 811. The van der Waals surface area contributed by atoms with E-state index in [1.165, 1.54) is 0 Å². The number of halogens is 1. The molecule has 4 rings (SSSR count). The first-order valence-electron chi connectivity index (χ1n) is 7.32. The summed E-state index contributed by atoms with van der Waals surface area (Å²) in [5, 5.41) is 5.07. The van der Waals surface area contributed by atoms with Gasteiger partial charge in [-0.1, -0.05) is 35.5 Å². The topological polar surface area (TPSA) is 77.8 Å². The molecule has 1 aromatic carbocycles. The van der Waals surface area contributed by atoms with E-state index in [1.807, 2.05) is 37.3 Å². The van der Waals surface area contributed by atoms with Gasteiger partial charge in [0.1, 0.15) is 4.88 Å². The van der Waals surface area contributed by atoms with E-state index in [9.17, 15) is 0 Å². The van der Waals surface area contributed by atoms with Crippen molar-refractivity contribution in [2.24, 2.45) is 5.73 Å². The maximum absolute atomic E-state index is 6.27. The molecule has 120 valence electrons. The normalized spacial score (nSPS) is 15.7. The second kappa shape index (κ2) is 6.03. The number of rotatable bonds is 3. The molecule has 0 amide bonds. The van der Waals surface area contributed by atoms with Crippen LogP contribution in [-0.2, 0) is 5.54 Å². The molecule has 5 nitrogen and oxygen atoms in total. The Kier molecular flexibility index (Phi) is 4.23. The van der Waals surface area contributed by atoms with Crippen LogP contribution in [0.5, 0.6) is 0 Å². The van der Waals surface area contributed by atoms with Crippen LogP contribution in [-0.4, -0.2) is 15.1 Å². The van der Waals surface area contributed by atoms with E-state index < -0.39 is 5.54 Å². The molecule has 1 saturated carbocycles. The van der Waals surface area contributed by atoms with Crippen LogP contribution in [0.4, 0.5) is 0 Å². The van der Waals surface area contributed by atoms with Crippen LogP contribution in [0.3, 0.4) is 0 Å². The van der Waals surface area contributed by atoms with Crippen molar-refractivity contribution in [1.29, 1.82) is 0 Å². The van der Waals surface area contributed by atoms with E-state index in [0.717, 1.165) is 40.4 Å². The number of nitrogens with two attached hydrogens (primary N) is 1. The Morgan fingerprint density at radius 3 is 2.57 bits per heavy atom. The summed E-state index contributed by atoms with van der Waals surface area (Å²) >= 11 is 1.56. The van der Waals surface area contributed by atoms with E-state index >= 15 is 0 Å². The average Bonchev–Trinajstić information content (AvgIpc) is 3.12. The van der Waals surface area contributed by atoms with Crippen molar-refractivity contribution in [1.82, 2.24) is 15.1 Å². The number of aryl methyl sites for hydroxylation is 1. The fraction of sp³-hybridized carbons (Fsp3) is 0.312. The summed E-state index contributed by atoms with van der Waals surface area (Å²) in [6.45, 7) is 1.98. The SMILES string of the molecule is Cc1nc(-c2ccccc2)c(-c2nc(C3(N)CCC3)no2)s1.Cl. The number of benzene rings is 1. The van der Waals surface area contributed by atoms with Crippen LogP contribution in [0.1, 0.15) is 30.1 Å². The van der Waals surface area contributed by atoms with Gasteiger partial charge >= 0.3 is 0 Å². The molecule has 23 heavy (non-hydrogen) atoms. The van der Waals surface area contributed by atoms with Crippen LogP contribution < -0.4 is 5.73 Å². The highest BCUT2D eigenvalue weighted by Gasteiger charge is 2.39. The Morgan fingerprint density at radius 1 is 1.17 bits per heavy atom. The Morgan fingerprint density at radius 2 is 1.91 bits per heavy atom. The van der Waals surface area contributed by atoms with Gasteiger partial charge in [0.15, 0.2) is 5.82 Å². The quantitative estimate of drug-likeness (QED) is 0.775. The molecule has 0 aliphatic heterocycles. The van der Waals surface area contributed by atoms with Crippen molar-refractivity contribution in [3.63, 3.8) is 0 Å². The lowest BCUT2D eigenvalue weighted by Crippen LogP contribution is -2.44. The summed E-state index contributed by atoms with van der Waals surface area (Å²) in [4.78, 5) is 10.1. The summed E-state index contributed by atoms with van der Waals surface area (Å²) in [7, 11) is 0. The van der Waals surface area contributed by atoms with Gasteiger partial charge in [0.2, 0.25) is 0 Å². The third kappa shape index (κ3) is 2.78. The monoisotopic (exact) mass is 348 g/mol. The zero-order chi connectivity index (χ0) is 15.2. The molecule has 2 N–H and O–H groups in total. The van der Waals surface area contributed by atoms with Gasteiger partial charge < -0.3 is 10.3 Å².